The summed E-state index contributed by atoms with van der Waals surface area (Å²) in [6, 6.07) is 11.8. The average Bonchev–Trinajstić information content (AvgIpc) is 2.45. The highest BCUT2D eigenvalue weighted by Gasteiger charge is 2.16. The maximum atomic E-state index is 12.0. The zero-order valence-electron chi connectivity index (χ0n) is 10.6. The Balaban J connectivity index is 2.46. The zero-order chi connectivity index (χ0) is 14.6. The summed E-state index contributed by atoms with van der Waals surface area (Å²) in [5.41, 5.74) is -1.11. The summed E-state index contributed by atoms with van der Waals surface area (Å²) < 4.78 is 10.4. The minimum absolute atomic E-state index is 0.0445. The van der Waals surface area contributed by atoms with Gasteiger partial charge in [0.1, 0.15) is 16.7 Å². The van der Waals surface area contributed by atoms with E-state index < -0.39 is 17.0 Å². The molecule has 2 aromatic carbocycles. The van der Waals surface area contributed by atoms with Crippen LogP contribution in [0.4, 0.5) is 0 Å². The monoisotopic (exact) mass is 280 g/mol. The van der Waals surface area contributed by atoms with Crippen LogP contribution in [0.5, 0.6) is 5.75 Å². The molecule has 0 unspecified atom stereocenters. The van der Waals surface area contributed by atoms with E-state index in [2.05, 4.69) is 0 Å². The molecule has 1 N–H and O–H groups in total. The number of hydrogen-bond acceptors (Lipinski definition) is 5. The van der Waals surface area contributed by atoms with Gasteiger partial charge in [-0.2, -0.15) is 0 Å². The quantitative estimate of drug-likeness (QED) is 0.395. The summed E-state index contributed by atoms with van der Waals surface area (Å²) in [6.07, 6.45) is 0. The highest BCUT2D eigenvalue weighted by molar-refractivity contribution is 6.16. The smallest absolute Gasteiger partial charge is 0.351 e. The Hall–Kier alpha value is -3.08. The second-order valence-corrected chi connectivity index (χ2v) is 4.70. The van der Waals surface area contributed by atoms with Crippen molar-refractivity contribution >= 4 is 32.7 Å². The minimum atomic E-state index is -0.742. The Kier molecular flexibility index (Phi) is 2.21. The molecule has 0 spiro atoms. The largest absolute Gasteiger partial charge is 0.507 e. The van der Waals surface area contributed by atoms with Gasteiger partial charge < -0.3 is 13.9 Å². The fourth-order valence-electron chi connectivity index (χ4n) is 2.58. The van der Waals surface area contributed by atoms with Gasteiger partial charge in [0.05, 0.1) is 11.5 Å². The molecular weight excluding hydrogens is 272 g/mol. The molecule has 0 fully saturated rings. The van der Waals surface area contributed by atoms with Crippen molar-refractivity contribution in [1.82, 2.24) is 0 Å². The lowest BCUT2D eigenvalue weighted by atomic mass is 10.0. The Morgan fingerprint density at radius 1 is 0.905 bits per heavy atom. The van der Waals surface area contributed by atoms with E-state index in [4.69, 9.17) is 8.83 Å². The molecular formula is C16H8O5. The van der Waals surface area contributed by atoms with E-state index in [1.807, 2.05) is 30.3 Å². The van der Waals surface area contributed by atoms with E-state index in [-0.39, 0.29) is 11.0 Å². The predicted octanol–water partition coefficient (Wildman–Crippen LogP) is 2.76. The van der Waals surface area contributed by atoms with Crippen LogP contribution in [0.1, 0.15) is 0 Å². The molecule has 4 rings (SSSR count). The third-order valence-corrected chi connectivity index (χ3v) is 3.47. The van der Waals surface area contributed by atoms with Crippen molar-refractivity contribution in [2.75, 3.05) is 0 Å². The highest BCUT2D eigenvalue weighted by Crippen LogP contribution is 2.32. The van der Waals surface area contributed by atoms with Crippen molar-refractivity contribution in [2.45, 2.75) is 0 Å². The second-order valence-electron chi connectivity index (χ2n) is 4.70. The van der Waals surface area contributed by atoms with Crippen LogP contribution in [-0.2, 0) is 0 Å². The van der Waals surface area contributed by atoms with Gasteiger partial charge in [-0.05, 0) is 16.8 Å². The van der Waals surface area contributed by atoms with Crippen LogP contribution in [-0.4, -0.2) is 5.11 Å². The maximum absolute atomic E-state index is 12.0. The topological polar surface area (TPSA) is 80.6 Å². The summed E-state index contributed by atoms with van der Waals surface area (Å²) in [7, 11) is 0. The van der Waals surface area contributed by atoms with Crippen LogP contribution in [0.15, 0.2) is 60.9 Å². The molecule has 2 heterocycles. The zero-order valence-corrected chi connectivity index (χ0v) is 10.6. The molecule has 0 aliphatic heterocycles. The van der Waals surface area contributed by atoms with E-state index in [1.54, 1.807) is 6.07 Å². The minimum Gasteiger partial charge on any atom is -0.507 e. The summed E-state index contributed by atoms with van der Waals surface area (Å²) in [4.78, 5) is 23.5. The summed E-state index contributed by atoms with van der Waals surface area (Å²) in [6.45, 7) is 0. The predicted molar refractivity (Wildman–Crippen MR) is 77.7 cm³/mol. The molecule has 5 heteroatoms. The fourth-order valence-corrected chi connectivity index (χ4v) is 2.58. The van der Waals surface area contributed by atoms with Crippen molar-refractivity contribution < 1.29 is 13.9 Å². The third kappa shape index (κ3) is 1.57. The summed E-state index contributed by atoms with van der Waals surface area (Å²) in [5, 5.41) is 11.9. The molecule has 102 valence electrons. The molecule has 4 aromatic rings. The van der Waals surface area contributed by atoms with Crippen LogP contribution in [0.2, 0.25) is 0 Å². The van der Waals surface area contributed by atoms with E-state index >= 15 is 0 Å². The third-order valence-electron chi connectivity index (χ3n) is 3.47. The van der Waals surface area contributed by atoms with Crippen molar-refractivity contribution in [2.24, 2.45) is 0 Å². The first kappa shape index (κ1) is 11.7. The lowest BCUT2D eigenvalue weighted by Crippen LogP contribution is -2.05. The Labute approximate surface area is 116 Å². The lowest BCUT2D eigenvalue weighted by molar-refractivity contribution is 0.463. The SMILES string of the molecule is O=c1cc(O)c2c(=O)oc3ccc4ccccc4c3c2o1. The van der Waals surface area contributed by atoms with E-state index in [0.29, 0.717) is 11.0 Å². The molecule has 21 heavy (non-hydrogen) atoms. The highest BCUT2D eigenvalue weighted by atomic mass is 16.4. The van der Waals surface area contributed by atoms with Crippen molar-refractivity contribution in [3.63, 3.8) is 0 Å². The molecule has 0 saturated carbocycles. The molecule has 5 nitrogen and oxygen atoms in total. The van der Waals surface area contributed by atoms with Gasteiger partial charge in [-0.15, -0.1) is 0 Å². The molecule has 0 bridgehead atoms. The van der Waals surface area contributed by atoms with Gasteiger partial charge in [0.25, 0.3) is 0 Å². The standard InChI is InChI=1S/C16H8O5/c17-10-7-12(18)21-15-13-9-4-2-1-3-8(9)5-6-11(13)20-16(19)14(10)15/h1-7,17H. The van der Waals surface area contributed by atoms with Crippen LogP contribution in [0, 0.1) is 0 Å². The van der Waals surface area contributed by atoms with Gasteiger partial charge in [0.2, 0.25) is 0 Å². The number of hydrogen-bond donors (Lipinski definition) is 1. The van der Waals surface area contributed by atoms with Crippen LogP contribution < -0.4 is 11.3 Å². The molecule has 0 amide bonds. The van der Waals surface area contributed by atoms with Gasteiger partial charge in [0.15, 0.2) is 5.58 Å². The molecule has 0 atom stereocenters. The molecule has 0 radical (unpaired) electrons. The molecule has 2 aromatic heterocycles. The van der Waals surface area contributed by atoms with E-state index in [9.17, 15) is 14.7 Å². The van der Waals surface area contributed by atoms with Gasteiger partial charge in [0, 0.05) is 0 Å². The molecule has 0 saturated heterocycles. The maximum Gasteiger partial charge on any atom is 0.351 e. The Morgan fingerprint density at radius 2 is 1.71 bits per heavy atom. The average molecular weight is 280 g/mol. The second kappa shape index (κ2) is 3.96. The fraction of sp³-hybridized carbons (Fsp3) is 0. The van der Waals surface area contributed by atoms with Crippen molar-refractivity contribution in [1.29, 1.82) is 0 Å². The first-order chi connectivity index (χ1) is 10.1. The van der Waals surface area contributed by atoms with Gasteiger partial charge in [-0.3, -0.25) is 0 Å². The van der Waals surface area contributed by atoms with Crippen molar-refractivity contribution in [3.05, 3.63) is 63.3 Å². The number of aromatic hydroxyl groups is 1. The lowest BCUT2D eigenvalue weighted by Gasteiger charge is -2.05. The van der Waals surface area contributed by atoms with E-state index in [1.165, 1.54) is 0 Å². The Bertz CT molecular complexity index is 1130. The number of rotatable bonds is 0. The van der Waals surface area contributed by atoms with E-state index in [0.717, 1.165) is 16.8 Å². The number of benzene rings is 2. The van der Waals surface area contributed by atoms with Crippen molar-refractivity contribution in [3.8, 4) is 5.75 Å². The normalized spacial score (nSPS) is 11.4. The van der Waals surface area contributed by atoms with Crippen LogP contribution in [0.25, 0.3) is 32.7 Å². The van der Waals surface area contributed by atoms with Gasteiger partial charge in [-0.25, -0.2) is 9.59 Å². The summed E-state index contributed by atoms with van der Waals surface area (Å²) >= 11 is 0. The van der Waals surface area contributed by atoms with Gasteiger partial charge in [-0.1, -0.05) is 30.3 Å². The molecule has 0 aliphatic rings. The first-order valence-electron chi connectivity index (χ1n) is 6.26. The molecule has 0 aliphatic carbocycles. The van der Waals surface area contributed by atoms with Crippen LogP contribution >= 0.6 is 0 Å². The number of fused-ring (bicyclic) bond motifs is 5. The van der Waals surface area contributed by atoms with Gasteiger partial charge >= 0.3 is 11.3 Å². The Morgan fingerprint density at radius 3 is 2.57 bits per heavy atom. The summed E-state index contributed by atoms with van der Waals surface area (Å²) in [5.74, 6) is -0.440. The van der Waals surface area contributed by atoms with Crippen LogP contribution in [0.3, 0.4) is 0 Å². The first-order valence-corrected chi connectivity index (χ1v) is 6.26.